The number of nitrogens with one attached hydrogen (secondary N) is 1. The molecule has 1 aliphatic carbocycles. The first-order valence-electron chi connectivity index (χ1n) is 9.85. The van der Waals surface area contributed by atoms with Crippen LogP contribution in [0.15, 0.2) is 42.7 Å². The molecule has 2 fully saturated rings. The number of pyridine rings is 1. The van der Waals surface area contributed by atoms with E-state index in [9.17, 15) is 19.5 Å². The Kier molecular flexibility index (Phi) is 5.15. The van der Waals surface area contributed by atoms with Crippen LogP contribution in [0, 0.1) is 0 Å². The minimum atomic E-state index is -0.819. The third-order valence-electron chi connectivity index (χ3n) is 5.85. The normalized spacial score (nSPS) is 18.2. The highest BCUT2D eigenvalue weighted by Gasteiger charge is 2.51. The molecule has 1 aliphatic heterocycles. The first kappa shape index (κ1) is 19.3. The van der Waals surface area contributed by atoms with E-state index in [0.29, 0.717) is 18.4 Å². The van der Waals surface area contributed by atoms with Crippen molar-refractivity contribution < 1.29 is 19.5 Å². The van der Waals surface area contributed by atoms with Gasteiger partial charge >= 0.3 is 6.03 Å². The average Bonchev–Trinajstić information content (AvgIpc) is 2.98. The Balaban J connectivity index is 1.49. The van der Waals surface area contributed by atoms with Crippen molar-refractivity contribution in [2.75, 3.05) is 6.54 Å². The van der Waals surface area contributed by atoms with Gasteiger partial charge in [-0.05, 0) is 30.0 Å². The van der Waals surface area contributed by atoms with Crippen LogP contribution in [0.2, 0.25) is 0 Å². The molecular formula is C22H23N3O4. The fourth-order valence-corrected chi connectivity index (χ4v) is 4.21. The minimum absolute atomic E-state index is 0.105. The molecule has 0 unspecified atom stereocenters. The summed E-state index contributed by atoms with van der Waals surface area (Å²) in [6, 6.07) is 8.15. The highest BCUT2D eigenvalue weighted by Crippen LogP contribution is 2.33. The molecule has 2 aromatic rings. The monoisotopic (exact) mass is 393 g/mol. The molecule has 2 heterocycles. The number of ketones is 1. The van der Waals surface area contributed by atoms with Gasteiger partial charge in [0.25, 0.3) is 5.91 Å². The number of aliphatic hydroxyl groups excluding tert-OH is 1. The molecule has 29 heavy (non-hydrogen) atoms. The molecule has 3 amide bonds. The second-order valence-electron chi connectivity index (χ2n) is 7.66. The Labute approximate surface area is 168 Å². The Morgan fingerprint density at radius 1 is 1.10 bits per heavy atom. The number of hydrogen-bond acceptors (Lipinski definition) is 5. The van der Waals surface area contributed by atoms with Gasteiger partial charge in [0, 0.05) is 23.5 Å². The second kappa shape index (κ2) is 7.75. The Morgan fingerprint density at radius 2 is 1.83 bits per heavy atom. The summed E-state index contributed by atoms with van der Waals surface area (Å²) in [5, 5.41) is 12.3. The summed E-state index contributed by atoms with van der Waals surface area (Å²) >= 11 is 0. The van der Waals surface area contributed by atoms with Gasteiger partial charge in [0.1, 0.15) is 5.54 Å². The van der Waals surface area contributed by atoms with Crippen molar-refractivity contribution in [3.63, 3.8) is 0 Å². The predicted molar refractivity (Wildman–Crippen MR) is 106 cm³/mol. The number of imide groups is 1. The molecule has 1 aromatic heterocycles. The number of amides is 3. The van der Waals surface area contributed by atoms with E-state index >= 15 is 0 Å². The lowest BCUT2D eigenvalue weighted by molar-refractivity contribution is -0.132. The van der Waals surface area contributed by atoms with Gasteiger partial charge in [0.2, 0.25) is 0 Å². The van der Waals surface area contributed by atoms with Gasteiger partial charge in [0.15, 0.2) is 5.78 Å². The summed E-state index contributed by atoms with van der Waals surface area (Å²) in [5.74, 6) is -0.573. The summed E-state index contributed by atoms with van der Waals surface area (Å²) in [5.41, 5.74) is 1.97. The summed E-state index contributed by atoms with van der Waals surface area (Å²) in [7, 11) is 0. The molecule has 0 atom stereocenters. The van der Waals surface area contributed by atoms with Crippen LogP contribution in [-0.2, 0) is 11.4 Å². The number of urea groups is 1. The standard InChI is InChI=1S/C22H23N3O4/c26-14-17-8-11-23-12-18(17)15-4-6-16(7-5-15)19(27)13-25-20(28)22(24-21(25)29)9-2-1-3-10-22/h4-8,11-12,26H,1-3,9-10,13-14H2,(H,24,29). The van der Waals surface area contributed by atoms with Crippen molar-refractivity contribution in [1.82, 2.24) is 15.2 Å². The van der Waals surface area contributed by atoms with Gasteiger partial charge in [-0.3, -0.25) is 19.5 Å². The number of rotatable bonds is 5. The number of nitrogens with zero attached hydrogens (tertiary/aromatic N) is 2. The molecule has 1 aromatic carbocycles. The van der Waals surface area contributed by atoms with Crippen molar-refractivity contribution in [3.05, 3.63) is 53.9 Å². The predicted octanol–water partition coefficient (Wildman–Crippen LogP) is 2.68. The largest absolute Gasteiger partial charge is 0.392 e. The quantitative estimate of drug-likeness (QED) is 0.601. The minimum Gasteiger partial charge on any atom is -0.392 e. The molecule has 1 saturated heterocycles. The highest BCUT2D eigenvalue weighted by molar-refractivity contribution is 6.11. The molecule has 4 rings (SSSR count). The Hall–Kier alpha value is -3.06. The Bertz CT molecular complexity index is 949. The van der Waals surface area contributed by atoms with E-state index in [1.54, 1.807) is 42.7 Å². The van der Waals surface area contributed by atoms with Crippen LogP contribution in [0.3, 0.4) is 0 Å². The van der Waals surface area contributed by atoms with E-state index in [-0.39, 0.29) is 24.8 Å². The zero-order valence-electron chi connectivity index (χ0n) is 16.1. The number of benzene rings is 1. The molecule has 7 nitrogen and oxygen atoms in total. The molecule has 150 valence electrons. The molecule has 1 saturated carbocycles. The third-order valence-corrected chi connectivity index (χ3v) is 5.85. The van der Waals surface area contributed by atoms with E-state index in [4.69, 9.17) is 0 Å². The zero-order valence-corrected chi connectivity index (χ0v) is 16.1. The van der Waals surface area contributed by atoms with E-state index in [1.165, 1.54) is 0 Å². The molecule has 2 aliphatic rings. The molecule has 7 heteroatoms. The van der Waals surface area contributed by atoms with E-state index in [2.05, 4.69) is 10.3 Å². The van der Waals surface area contributed by atoms with E-state index in [1.807, 2.05) is 0 Å². The fourth-order valence-electron chi connectivity index (χ4n) is 4.21. The van der Waals surface area contributed by atoms with Gasteiger partial charge in [-0.25, -0.2) is 4.79 Å². The highest BCUT2D eigenvalue weighted by atomic mass is 16.3. The topological polar surface area (TPSA) is 99.6 Å². The van der Waals surface area contributed by atoms with Crippen molar-refractivity contribution in [3.8, 4) is 11.1 Å². The average molecular weight is 393 g/mol. The van der Waals surface area contributed by atoms with Crippen LogP contribution in [-0.4, -0.2) is 44.8 Å². The third kappa shape index (κ3) is 3.53. The SMILES string of the molecule is O=C(CN1C(=O)NC2(CCCCC2)C1=O)c1ccc(-c2cnccc2CO)cc1. The summed E-state index contributed by atoms with van der Waals surface area (Å²) < 4.78 is 0. The maximum atomic E-state index is 12.8. The molecule has 0 bridgehead atoms. The van der Waals surface area contributed by atoms with Crippen molar-refractivity contribution in [2.24, 2.45) is 0 Å². The van der Waals surface area contributed by atoms with Crippen molar-refractivity contribution in [2.45, 2.75) is 44.2 Å². The Morgan fingerprint density at radius 3 is 2.52 bits per heavy atom. The first-order valence-corrected chi connectivity index (χ1v) is 9.85. The van der Waals surface area contributed by atoms with Crippen LogP contribution in [0.4, 0.5) is 4.79 Å². The number of hydrogen-bond donors (Lipinski definition) is 2. The number of aliphatic hydroxyl groups is 1. The van der Waals surface area contributed by atoms with E-state index in [0.717, 1.165) is 40.9 Å². The number of aromatic nitrogens is 1. The molecule has 2 N–H and O–H groups in total. The summed E-state index contributed by atoms with van der Waals surface area (Å²) in [6.45, 7) is -0.368. The lowest BCUT2D eigenvalue weighted by Gasteiger charge is -2.30. The van der Waals surface area contributed by atoms with Crippen LogP contribution in [0.1, 0.15) is 48.0 Å². The van der Waals surface area contributed by atoms with Crippen LogP contribution < -0.4 is 5.32 Å². The van der Waals surface area contributed by atoms with Gasteiger partial charge < -0.3 is 10.4 Å². The summed E-state index contributed by atoms with van der Waals surface area (Å²) in [4.78, 5) is 43.0. The van der Waals surface area contributed by atoms with Gasteiger partial charge in [0.05, 0.1) is 13.2 Å². The van der Waals surface area contributed by atoms with Gasteiger partial charge in [-0.15, -0.1) is 0 Å². The van der Waals surface area contributed by atoms with Gasteiger partial charge in [-0.2, -0.15) is 0 Å². The zero-order chi connectivity index (χ0) is 20.4. The lowest BCUT2D eigenvalue weighted by Crippen LogP contribution is -2.48. The van der Waals surface area contributed by atoms with Crippen LogP contribution in [0.25, 0.3) is 11.1 Å². The van der Waals surface area contributed by atoms with Gasteiger partial charge in [-0.1, -0.05) is 43.5 Å². The second-order valence-corrected chi connectivity index (χ2v) is 7.66. The van der Waals surface area contributed by atoms with E-state index < -0.39 is 11.6 Å². The molecular weight excluding hydrogens is 370 g/mol. The lowest BCUT2D eigenvalue weighted by atomic mass is 9.82. The van der Waals surface area contributed by atoms with Crippen molar-refractivity contribution >= 4 is 17.7 Å². The smallest absolute Gasteiger partial charge is 0.325 e. The molecule has 1 spiro atoms. The number of carbonyl (C=O) groups is 3. The fraction of sp³-hybridized carbons (Fsp3) is 0.364. The molecule has 0 radical (unpaired) electrons. The number of carbonyl (C=O) groups excluding carboxylic acids is 3. The maximum absolute atomic E-state index is 12.8. The number of Topliss-reactive ketones (excluding diaryl/α,β-unsaturated/α-hetero) is 1. The van der Waals surface area contributed by atoms with Crippen LogP contribution >= 0.6 is 0 Å². The van der Waals surface area contributed by atoms with Crippen LogP contribution in [0.5, 0.6) is 0 Å². The van der Waals surface area contributed by atoms with Crippen molar-refractivity contribution in [1.29, 1.82) is 0 Å². The summed E-state index contributed by atoms with van der Waals surface area (Å²) in [6.07, 6.45) is 7.41. The first-order chi connectivity index (χ1) is 14.0. The maximum Gasteiger partial charge on any atom is 0.325 e.